The Morgan fingerprint density at radius 1 is 1.29 bits per heavy atom. The number of hydrogen-bond acceptors (Lipinski definition) is 3. The van der Waals surface area contributed by atoms with Crippen molar-refractivity contribution in [3.8, 4) is 5.75 Å². The summed E-state index contributed by atoms with van der Waals surface area (Å²) in [6.07, 6.45) is 0. The summed E-state index contributed by atoms with van der Waals surface area (Å²) in [6.45, 7) is 0. The molecule has 1 aromatic rings. The van der Waals surface area contributed by atoms with Crippen LogP contribution in [0.15, 0.2) is 16.6 Å². The van der Waals surface area contributed by atoms with Crippen LogP contribution in [0.2, 0.25) is 0 Å². The third-order valence-corrected chi connectivity index (χ3v) is 2.02. The molecule has 0 aliphatic carbocycles. The maximum absolute atomic E-state index is 12.9. The smallest absolute Gasteiger partial charge is 0.365 e. The van der Waals surface area contributed by atoms with Crippen molar-refractivity contribution in [3.63, 3.8) is 0 Å². The summed E-state index contributed by atoms with van der Waals surface area (Å²) in [5.41, 5.74) is 0. The lowest BCUT2D eigenvalue weighted by Crippen LogP contribution is -2.20. The Bertz CT molecular complexity index is 439. The molecule has 0 saturated heterocycles. The van der Waals surface area contributed by atoms with Crippen molar-refractivity contribution < 1.29 is 21.4 Å². The van der Waals surface area contributed by atoms with Crippen molar-refractivity contribution in [2.45, 2.75) is 0 Å². The molecule has 0 saturated carbocycles. The molecular formula is C6H4BrF2NO3S. The Morgan fingerprint density at radius 3 is 2.07 bits per heavy atom. The van der Waals surface area contributed by atoms with E-state index in [1.54, 1.807) is 0 Å². The fourth-order valence-corrected chi connectivity index (χ4v) is 1.52. The van der Waals surface area contributed by atoms with Gasteiger partial charge in [0.1, 0.15) is 0 Å². The van der Waals surface area contributed by atoms with Crippen molar-refractivity contribution >= 4 is 26.2 Å². The first-order valence-corrected chi connectivity index (χ1v) is 5.43. The number of hydrogen-bond donors (Lipinski definition) is 1. The second kappa shape index (κ2) is 3.79. The second-order valence-electron chi connectivity index (χ2n) is 2.27. The van der Waals surface area contributed by atoms with Crippen LogP contribution < -0.4 is 9.32 Å². The van der Waals surface area contributed by atoms with E-state index >= 15 is 0 Å². The fourth-order valence-electron chi connectivity index (χ4n) is 0.725. The monoisotopic (exact) mass is 287 g/mol. The molecule has 0 radical (unpaired) electrons. The highest BCUT2D eigenvalue weighted by atomic mass is 79.9. The van der Waals surface area contributed by atoms with E-state index in [4.69, 9.17) is 0 Å². The van der Waals surface area contributed by atoms with Crippen molar-refractivity contribution in [1.82, 2.24) is 0 Å². The highest BCUT2D eigenvalue weighted by Crippen LogP contribution is 2.26. The van der Waals surface area contributed by atoms with E-state index in [2.05, 4.69) is 25.3 Å². The van der Waals surface area contributed by atoms with E-state index in [9.17, 15) is 17.2 Å². The predicted molar refractivity (Wildman–Crippen MR) is 47.8 cm³/mol. The Balaban J connectivity index is 3.22. The van der Waals surface area contributed by atoms with Crippen molar-refractivity contribution in [2.24, 2.45) is 5.14 Å². The van der Waals surface area contributed by atoms with E-state index in [-0.39, 0.29) is 4.47 Å². The second-order valence-corrected chi connectivity index (χ2v) is 4.34. The lowest BCUT2D eigenvalue weighted by atomic mass is 10.3. The SMILES string of the molecule is NS(=O)(=O)Oc1c(F)cc(Br)cc1F. The van der Waals surface area contributed by atoms with Gasteiger partial charge < -0.3 is 4.18 Å². The van der Waals surface area contributed by atoms with Crippen LogP contribution >= 0.6 is 15.9 Å². The summed E-state index contributed by atoms with van der Waals surface area (Å²) < 4.78 is 50.7. The van der Waals surface area contributed by atoms with Gasteiger partial charge in [-0.05, 0) is 12.1 Å². The highest BCUT2D eigenvalue weighted by molar-refractivity contribution is 9.10. The maximum atomic E-state index is 12.9. The number of benzene rings is 1. The summed E-state index contributed by atoms with van der Waals surface area (Å²) in [7, 11) is -4.43. The first kappa shape index (κ1) is 11.3. The van der Waals surface area contributed by atoms with Crippen LogP contribution in [-0.2, 0) is 10.3 Å². The van der Waals surface area contributed by atoms with E-state index in [0.717, 1.165) is 12.1 Å². The summed E-state index contributed by atoms with van der Waals surface area (Å²) in [5, 5.41) is 4.45. The predicted octanol–water partition coefficient (Wildman–Crippen LogP) is 1.31. The zero-order chi connectivity index (χ0) is 10.9. The Morgan fingerprint density at radius 2 is 1.71 bits per heavy atom. The third-order valence-electron chi connectivity index (χ3n) is 1.16. The molecule has 4 nitrogen and oxygen atoms in total. The van der Waals surface area contributed by atoms with Crippen molar-refractivity contribution in [1.29, 1.82) is 0 Å². The molecule has 78 valence electrons. The van der Waals surface area contributed by atoms with Crippen molar-refractivity contribution in [3.05, 3.63) is 28.2 Å². The molecule has 0 atom stereocenters. The van der Waals surface area contributed by atoms with Gasteiger partial charge in [-0.2, -0.15) is 13.6 Å². The van der Waals surface area contributed by atoms with Gasteiger partial charge in [0.05, 0.1) is 0 Å². The number of rotatable bonds is 2. The molecule has 0 amide bonds. The van der Waals surface area contributed by atoms with Gasteiger partial charge in [0.2, 0.25) is 5.75 Å². The Hall–Kier alpha value is -0.730. The zero-order valence-corrected chi connectivity index (χ0v) is 8.90. The molecule has 0 spiro atoms. The summed E-state index contributed by atoms with van der Waals surface area (Å²) in [5.74, 6) is -3.37. The first-order chi connectivity index (χ1) is 6.29. The summed E-state index contributed by atoms with van der Waals surface area (Å²) in [4.78, 5) is 0. The quantitative estimate of drug-likeness (QED) is 0.892. The maximum Gasteiger partial charge on any atom is 0.380 e. The van der Waals surface area contributed by atoms with Gasteiger partial charge in [0.25, 0.3) is 0 Å². The average molecular weight is 288 g/mol. The van der Waals surface area contributed by atoms with Gasteiger partial charge in [0.15, 0.2) is 11.6 Å². The van der Waals surface area contributed by atoms with Gasteiger partial charge in [-0.15, -0.1) is 0 Å². The van der Waals surface area contributed by atoms with E-state index in [0.29, 0.717) is 0 Å². The first-order valence-electron chi connectivity index (χ1n) is 3.16. The number of nitrogens with two attached hydrogens (primary N) is 1. The number of halogens is 3. The molecule has 14 heavy (non-hydrogen) atoms. The third kappa shape index (κ3) is 2.89. The van der Waals surface area contributed by atoms with Crippen LogP contribution in [0.3, 0.4) is 0 Å². The van der Waals surface area contributed by atoms with Crippen LogP contribution in [0, 0.1) is 11.6 Å². The molecule has 0 bridgehead atoms. The minimum atomic E-state index is -4.43. The zero-order valence-electron chi connectivity index (χ0n) is 6.50. The molecule has 0 aliphatic heterocycles. The molecule has 0 heterocycles. The molecule has 0 unspecified atom stereocenters. The molecular weight excluding hydrogens is 284 g/mol. The van der Waals surface area contributed by atoms with Crippen LogP contribution in [0.25, 0.3) is 0 Å². The van der Waals surface area contributed by atoms with Gasteiger partial charge in [-0.1, -0.05) is 15.9 Å². The standard InChI is InChI=1S/C6H4BrF2NO3S/c7-3-1-4(8)6(5(9)2-3)13-14(10,11)12/h1-2H,(H2,10,11,12). The van der Waals surface area contributed by atoms with Gasteiger partial charge in [-0.25, -0.2) is 8.78 Å². The average Bonchev–Trinajstić information content (AvgIpc) is 1.95. The van der Waals surface area contributed by atoms with E-state index in [1.165, 1.54) is 0 Å². The van der Waals surface area contributed by atoms with Crippen LogP contribution in [0.1, 0.15) is 0 Å². The normalized spacial score (nSPS) is 11.4. The highest BCUT2D eigenvalue weighted by Gasteiger charge is 2.16. The Kier molecular flexibility index (Phi) is 3.07. The van der Waals surface area contributed by atoms with Crippen LogP contribution in [0.5, 0.6) is 5.75 Å². The molecule has 0 aliphatic rings. The Labute approximate surface area is 87.1 Å². The van der Waals surface area contributed by atoms with Crippen LogP contribution in [0.4, 0.5) is 8.78 Å². The summed E-state index contributed by atoms with van der Waals surface area (Å²) >= 11 is 2.81. The molecule has 0 aromatic heterocycles. The molecule has 0 fully saturated rings. The molecule has 1 rings (SSSR count). The lowest BCUT2D eigenvalue weighted by Gasteiger charge is -2.04. The van der Waals surface area contributed by atoms with Crippen LogP contribution in [-0.4, -0.2) is 8.42 Å². The lowest BCUT2D eigenvalue weighted by molar-refractivity contribution is 0.434. The minimum Gasteiger partial charge on any atom is -0.365 e. The van der Waals surface area contributed by atoms with Gasteiger partial charge in [0, 0.05) is 4.47 Å². The van der Waals surface area contributed by atoms with Gasteiger partial charge in [-0.3, -0.25) is 0 Å². The minimum absolute atomic E-state index is 0.120. The molecule has 8 heteroatoms. The molecule has 1 aromatic carbocycles. The van der Waals surface area contributed by atoms with Gasteiger partial charge >= 0.3 is 10.3 Å². The van der Waals surface area contributed by atoms with E-state index < -0.39 is 27.7 Å². The topological polar surface area (TPSA) is 69.4 Å². The fraction of sp³-hybridized carbons (Fsp3) is 0. The summed E-state index contributed by atoms with van der Waals surface area (Å²) in [6, 6.07) is 1.70. The van der Waals surface area contributed by atoms with Crippen molar-refractivity contribution in [2.75, 3.05) is 0 Å². The largest absolute Gasteiger partial charge is 0.380 e. The van der Waals surface area contributed by atoms with E-state index in [1.807, 2.05) is 0 Å². The molecule has 2 N–H and O–H groups in total.